The molecule has 0 bridgehead atoms. The molecule has 1 aromatic carbocycles. The Morgan fingerprint density at radius 3 is 2.29 bits per heavy atom. The Morgan fingerprint density at radius 2 is 1.67 bits per heavy atom. The van der Waals surface area contributed by atoms with E-state index < -0.39 is 17.6 Å². The number of pyridine rings is 1. The zero-order valence-corrected chi connectivity index (χ0v) is 13.0. The van der Waals surface area contributed by atoms with Gasteiger partial charge in [-0.25, -0.2) is 0 Å². The number of carbonyl (C=O) groups excluding carboxylic acids is 1. The number of halogens is 3. The molecule has 2 heterocycles. The number of aromatic nitrogens is 1. The molecule has 0 saturated carbocycles. The van der Waals surface area contributed by atoms with Gasteiger partial charge in [0.05, 0.1) is 11.1 Å². The first kappa shape index (κ1) is 16.5. The van der Waals surface area contributed by atoms with Crippen LogP contribution >= 0.6 is 0 Å². The first-order valence-corrected chi connectivity index (χ1v) is 7.82. The van der Waals surface area contributed by atoms with Crippen molar-refractivity contribution in [3.63, 3.8) is 0 Å². The lowest BCUT2D eigenvalue weighted by molar-refractivity contribution is -0.138. The van der Waals surface area contributed by atoms with Gasteiger partial charge in [-0.2, -0.15) is 13.2 Å². The predicted molar refractivity (Wildman–Crippen MR) is 83.6 cm³/mol. The molecule has 0 N–H and O–H groups in total. The highest BCUT2D eigenvalue weighted by molar-refractivity contribution is 5.96. The second-order valence-electron chi connectivity index (χ2n) is 5.89. The summed E-state index contributed by atoms with van der Waals surface area (Å²) in [6.45, 7) is 0.913. The average molecular weight is 334 g/mol. The molecule has 126 valence electrons. The Morgan fingerprint density at radius 1 is 1.04 bits per heavy atom. The van der Waals surface area contributed by atoms with Gasteiger partial charge < -0.3 is 4.90 Å². The van der Waals surface area contributed by atoms with Crippen LogP contribution in [0, 0.1) is 0 Å². The van der Waals surface area contributed by atoms with Gasteiger partial charge in [0, 0.05) is 25.5 Å². The number of hydrogen-bond donors (Lipinski definition) is 0. The first-order chi connectivity index (χ1) is 11.5. The monoisotopic (exact) mass is 334 g/mol. The van der Waals surface area contributed by atoms with E-state index in [1.54, 1.807) is 12.4 Å². The van der Waals surface area contributed by atoms with E-state index >= 15 is 0 Å². The molecule has 0 radical (unpaired) electrons. The molecule has 1 aliphatic heterocycles. The number of benzene rings is 1. The number of rotatable bonds is 2. The van der Waals surface area contributed by atoms with Crippen molar-refractivity contribution in [3.8, 4) is 0 Å². The lowest BCUT2D eigenvalue weighted by Crippen LogP contribution is -2.38. The zero-order valence-electron chi connectivity index (χ0n) is 13.0. The van der Waals surface area contributed by atoms with Gasteiger partial charge >= 0.3 is 6.18 Å². The molecule has 6 heteroatoms. The summed E-state index contributed by atoms with van der Waals surface area (Å²) in [5.74, 6) is -0.231. The minimum atomic E-state index is -4.53. The average Bonchev–Trinajstić information content (AvgIpc) is 2.61. The van der Waals surface area contributed by atoms with Gasteiger partial charge in [0.2, 0.25) is 0 Å². The van der Waals surface area contributed by atoms with Crippen LogP contribution in [0.25, 0.3) is 0 Å². The van der Waals surface area contributed by atoms with Gasteiger partial charge in [0.25, 0.3) is 5.91 Å². The molecule has 1 fully saturated rings. The topological polar surface area (TPSA) is 33.2 Å². The van der Waals surface area contributed by atoms with Crippen molar-refractivity contribution in [2.75, 3.05) is 13.1 Å². The number of carbonyl (C=O) groups is 1. The lowest BCUT2D eigenvalue weighted by Gasteiger charge is -2.32. The van der Waals surface area contributed by atoms with Crippen LogP contribution in [0.5, 0.6) is 0 Å². The SMILES string of the molecule is O=C(c1ccccc1C(F)(F)F)N1CCC(c2ccncc2)CC1. The Bertz CT molecular complexity index is 708. The van der Waals surface area contributed by atoms with Crippen LogP contribution in [0.4, 0.5) is 13.2 Å². The fraction of sp³-hybridized carbons (Fsp3) is 0.333. The number of alkyl halides is 3. The lowest BCUT2D eigenvalue weighted by atomic mass is 9.89. The molecule has 3 nitrogen and oxygen atoms in total. The van der Waals surface area contributed by atoms with Crippen LogP contribution in [-0.4, -0.2) is 28.9 Å². The van der Waals surface area contributed by atoms with E-state index in [2.05, 4.69) is 4.98 Å². The number of hydrogen-bond acceptors (Lipinski definition) is 2. The molecule has 2 aromatic rings. The molecule has 1 aliphatic rings. The molecule has 1 saturated heterocycles. The third-order valence-electron chi connectivity index (χ3n) is 4.42. The van der Waals surface area contributed by atoms with E-state index in [0.29, 0.717) is 19.0 Å². The van der Waals surface area contributed by atoms with E-state index in [0.717, 1.165) is 24.5 Å². The molecule has 0 spiro atoms. The van der Waals surface area contributed by atoms with Gasteiger partial charge in [-0.05, 0) is 48.6 Å². The summed E-state index contributed by atoms with van der Waals surface area (Å²) in [5.41, 5.74) is 0.0198. The normalized spacial score (nSPS) is 16.2. The minimum absolute atomic E-state index is 0.271. The predicted octanol–water partition coefficient (Wildman–Crippen LogP) is 4.12. The molecule has 0 atom stereocenters. The van der Waals surface area contributed by atoms with E-state index in [9.17, 15) is 18.0 Å². The second-order valence-corrected chi connectivity index (χ2v) is 5.89. The Labute approximate surface area is 138 Å². The third kappa shape index (κ3) is 3.42. The molecular weight excluding hydrogens is 317 g/mol. The Kier molecular flexibility index (Phi) is 4.55. The number of likely N-dealkylation sites (tertiary alicyclic amines) is 1. The smallest absolute Gasteiger partial charge is 0.339 e. The summed E-state index contributed by atoms with van der Waals surface area (Å²) in [5, 5.41) is 0. The van der Waals surface area contributed by atoms with E-state index in [1.807, 2.05) is 12.1 Å². The van der Waals surface area contributed by atoms with E-state index in [1.165, 1.54) is 23.1 Å². The Balaban J connectivity index is 1.72. The van der Waals surface area contributed by atoms with Crippen molar-refractivity contribution in [3.05, 3.63) is 65.5 Å². The molecule has 0 unspecified atom stereocenters. The second kappa shape index (κ2) is 6.63. The van der Waals surface area contributed by atoms with Crippen LogP contribution in [0.1, 0.15) is 40.2 Å². The van der Waals surface area contributed by atoms with E-state index in [-0.39, 0.29) is 5.56 Å². The highest BCUT2D eigenvalue weighted by Gasteiger charge is 2.36. The highest BCUT2D eigenvalue weighted by Crippen LogP contribution is 2.33. The van der Waals surface area contributed by atoms with Gasteiger partial charge in [-0.15, -0.1) is 0 Å². The number of amides is 1. The van der Waals surface area contributed by atoms with Crippen LogP contribution in [-0.2, 0) is 6.18 Å². The maximum Gasteiger partial charge on any atom is 0.417 e. The molecular formula is C18H17F3N2O. The third-order valence-corrected chi connectivity index (χ3v) is 4.42. The quantitative estimate of drug-likeness (QED) is 0.828. The van der Waals surface area contributed by atoms with Crippen LogP contribution in [0.3, 0.4) is 0 Å². The zero-order chi connectivity index (χ0) is 17.2. The summed E-state index contributed by atoms with van der Waals surface area (Å²) in [6.07, 6.45) is 0.411. The van der Waals surface area contributed by atoms with Crippen molar-refractivity contribution in [2.24, 2.45) is 0 Å². The van der Waals surface area contributed by atoms with Gasteiger partial charge in [0.1, 0.15) is 0 Å². The Hall–Kier alpha value is -2.37. The van der Waals surface area contributed by atoms with Crippen molar-refractivity contribution in [2.45, 2.75) is 24.9 Å². The summed E-state index contributed by atoms with van der Waals surface area (Å²) in [6, 6.07) is 8.86. The van der Waals surface area contributed by atoms with Crippen molar-refractivity contribution >= 4 is 5.91 Å². The van der Waals surface area contributed by atoms with E-state index in [4.69, 9.17) is 0 Å². The maximum absolute atomic E-state index is 13.1. The largest absolute Gasteiger partial charge is 0.417 e. The standard InChI is InChI=1S/C18H17F3N2O/c19-18(20,21)16-4-2-1-3-15(16)17(24)23-11-7-14(8-12-23)13-5-9-22-10-6-13/h1-6,9-10,14H,7-8,11-12H2. The molecule has 1 aromatic heterocycles. The van der Waals surface area contributed by atoms with Crippen LogP contribution in [0.15, 0.2) is 48.8 Å². The summed E-state index contributed by atoms with van der Waals surface area (Å²) in [7, 11) is 0. The number of piperidine rings is 1. The van der Waals surface area contributed by atoms with Crippen molar-refractivity contribution in [1.82, 2.24) is 9.88 Å². The van der Waals surface area contributed by atoms with Crippen molar-refractivity contribution < 1.29 is 18.0 Å². The molecule has 3 rings (SSSR count). The minimum Gasteiger partial charge on any atom is -0.339 e. The fourth-order valence-electron chi connectivity index (χ4n) is 3.14. The van der Waals surface area contributed by atoms with Gasteiger partial charge in [-0.1, -0.05) is 12.1 Å². The first-order valence-electron chi connectivity index (χ1n) is 7.82. The molecule has 1 amide bonds. The van der Waals surface area contributed by atoms with Crippen molar-refractivity contribution in [1.29, 1.82) is 0 Å². The molecule has 24 heavy (non-hydrogen) atoms. The summed E-state index contributed by atoms with van der Waals surface area (Å²) < 4.78 is 39.2. The maximum atomic E-state index is 13.1. The summed E-state index contributed by atoms with van der Waals surface area (Å²) >= 11 is 0. The van der Waals surface area contributed by atoms with Gasteiger partial charge in [-0.3, -0.25) is 9.78 Å². The number of nitrogens with zero attached hydrogens (tertiary/aromatic N) is 2. The van der Waals surface area contributed by atoms with Crippen LogP contribution < -0.4 is 0 Å². The molecule has 0 aliphatic carbocycles. The van der Waals surface area contributed by atoms with Crippen LogP contribution in [0.2, 0.25) is 0 Å². The fourth-order valence-corrected chi connectivity index (χ4v) is 3.14. The highest BCUT2D eigenvalue weighted by atomic mass is 19.4. The summed E-state index contributed by atoms with van der Waals surface area (Å²) in [4.78, 5) is 18.0. The van der Waals surface area contributed by atoms with Gasteiger partial charge in [0.15, 0.2) is 0 Å².